The number of rotatable bonds is 4. The number of fused-ring (bicyclic) bond motifs is 1. The number of nitrogens with one attached hydrogen (secondary N) is 1. The molecule has 7 nitrogen and oxygen atoms in total. The van der Waals surface area contributed by atoms with Gasteiger partial charge in [-0.25, -0.2) is 9.97 Å². The first kappa shape index (κ1) is 14.9. The molecule has 1 aliphatic rings. The number of amides is 1. The normalized spacial score (nSPS) is 14.2. The summed E-state index contributed by atoms with van der Waals surface area (Å²) >= 11 is 1.14. The Balaban J connectivity index is 1.44. The molecule has 0 unspecified atom stereocenters. The minimum absolute atomic E-state index is 0.167. The van der Waals surface area contributed by atoms with Gasteiger partial charge in [0.15, 0.2) is 0 Å². The van der Waals surface area contributed by atoms with E-state index in [-0.39, 0.29) is 5.91 Å². The van der Waals surface area contributed by atoms with Gasteiger partial charge in [0.25, 0.3) is 5.91 Å². The number of nitrogens with zero attached hydrogens (tertiary/aromatic N) is 5. The predicted molar refractivity (Wildman–Crippen MR) is 92.1 cm³/mol. The molecule has 0 aliphatic carbocycles. The molecule has 1 saturated heterocycles. The summed E-state index contributed by atoms with van der Waals surface area (Å²) in [7, 11) is 0. The van der Waals surface area contributed by atoms with Gasteiger partial charge < -0.3 is 10.2 Å². The van der Waals surface area contributed by atoms with Gasteiger partial charge in [0.05, 0.1) is 18.3 Å². The molecule has 1 aromatic carbocycles. The molecule has 24 heavy (non-hydrogen) atoms. The van der Waals surface area contributed by atoms with Crippen molar-refractivity contribution in [3.05, 3.63) is 41.9 Å². The molecule has 1 N–H and O–H groups in total. The molecule has 1 aliphatic heterocycles. The van der Waals surface area contributed by atoms with E-state index in [9.17, 15) is 4.79 Å². The van der Waals surface area contributed by atoms with Crippen molar-refractivity contribution in [2.24, 2.45) is 0 Å². The maximum absolute atomic E-state index is 12.3. The van der Waals surface area contributed by atoms with Crippen molar-refractivity contribution in [1.82, 2.24) is 24.0 Å². The number of hydrogen-bond donors (Lipinski definition) is 1. The predicted octanol–water partition coefficient (Wildman–Crippen LogP) is 2.01. The minimum atomic E-state index is -0.167. The Morgan fingerprint density at radius 2 is 2.00 bits per heavy atom. The molecule has 3 heterocycles. The Kier molecular flexibility index (Phi) is 4.04. The molecule has 0 spiro atoms. The maximum atomic E-state index is 12.3. The summed E-state index contributed by atoms with van der Waals surface area (Å²) in [4.78, 5) is 23.3. The van der Waals surface area contributed by atoms with E-state index in [2.05, 4.69) is 28.9 Å². The third-order valence-electron chi connectivity index (χ3n) is 4.04. The third kappa shape index (κ3) is 3.05. The first-order chi connectivity index (χ1) is 11.8. The molecular weight excluding hydrogens is 324 g/mol. The second-order valence-electron chi connectivity index (χ2n) is 5.68. The lowest BCUT2D eigenvalue weighted by Gasteiger charge is -2.16. The number of benzene rings is 1. The lowest BCUT2D eigenvalue weighted by Crippen LogP contribution is -2.25. The van der Waals surface area contributed by atoms with E-state index in [1.807, 2.05) is 6.07 Å². The van der Waals surface area contributed by atoms with E-state index in [4.69, 9.17) is 0 Å². The highest BCUT2D eigenvalue weighted by Gasteiger charge is 2.14. The van der Waals surface area contributed by atoms with Crippen LogP contribution in [0.25, 0.3) is 11.0 Å². The first-order valence-corrected chi connectivity index (χ1v) is 8.60. The zero-order chi connectivity index (χ0) is 16.4. The van der Waals surface area contributed by atoms with Gasteiger partial charge in [-0.05, 0) is 37.1 Å². The second-order valence-corrected chi connectivity index (χ2v) is 6.20. The molecule has 122 valence electrons. The van der Waals surface area contributed by atoms with Crippen molar-refractivity contribution in [2.75, 3.05) is 18.0 Å². The van der Waals surface area contributed by atoms with Crippen LogP contribution in [0, 0.1) is 0 Å². The Morgan fingerprint density at radius 3 is 2.88 bits per heavy atom. The molecule has 0 bridgehead atoms. The molecular formula is C16H16N6OS. The molecule has 4 rings (SSSR count). The van der Waals surface area contributed by atoms with E-state index in [0.29, 0.717) is 17.9 Å². The van der Waals surface area contributed by atoms with Gasteiger partial charge in [-0.15, -0.1) is 0 Å². The molecule has 8 heteroatoms. The number of anilines is 1. The highest BCUT2D eigenvalue weighted by Crippen LogP contribution is 2.17. The molecule has 0 saturated carbocycles. The largest absolute Gasteiger partial charge is 0.357 e. The van der Waals surface area contributed by atoms with Gasteiger partial charge in [-0.3, -0.25) is 4.79 Å². The summed E-state index contributed by atoms with van der Waals surface area (Å²) < 4.78 is 8.29. The number of hydrogen-bond acceptors (Lipinski definition) is 7. The van der Waals surface area contributed by atoms with Crippen LogP contribution in [-0.2, 0) is 6.54 Å². The average Bonchev–Trinajstić information content (AvgIpc) is 3.30. The van der Waals surface area contributed by atoms with Crippen LogP contribution in [0.1, 0.15) is 29.0 Å². The average molecular weight is 340 g/mol. The second kappa shape index (κ2) is 6.48. The molecule has 1 amide bonds. The van der Waals surface area contributed by atoms with Crippen molar-refractivity contribution < 1.29 is 4.79 Å². The molecule has 1 fully saturated rings. The van der Waals surface area contributed by atoms with Crippen LogP contribution >= 0.6 is 11.7 Å². The summed E-state index contributed by atoms with van der Waals surface area (Å²) in [5.74, 6) is 1.38. The third-order valence-corrected chi connectivity index (χ3v) is 4.60. The van der Waals surface area contributed by atoms with E-state index < -0.39 is 0 Å². The summed E-state index contributed by atoms with van der Waals surface area (Å²) in [6, 6.07) is 7.22. The van der Waals surface area contributed by atoms with E-state index in [1.54, 1.807) is 24.4 Å². The van der Waals surface area contributed by atoms with E-state index in [1.165, 1.54) is 12.8 Å². The van der Waals surface area contributed by atoms with Crippen LogP contribution in [0.5, 0.6) is 0 Å². The zero-order valence-electron chi connectivity index (χ0n) is 13.0. The zero-order valence-corrected chi connectivity index (χ0v) is 13.8. The number of carbonyl (C=O) groups is 1. The topological polar surface area (TPSA) is 83.9 Å². The number of carbonyl (C=O) groups excluding carboxylic acids is 1. The van der Waals surface area contributed by atoms with Crippen molar-refractivity contribution in [1.29, 1.82) is 0 Å². The van der Waals surface area contributed by atoms with Crippen molar-refractivity contribution >= 4 is 34.5 Å². The highest BCUT2D eigenvalue weighted by molar-refractivity contribution is 7.00. The monoisotopic (exact) mass is 340 g/mol. The van der Waals surface area contributed by atoms with E-state index in [0.717, 1.165) is 41.7 Å². The first-order valence-electron chi connectivity index (χ1n) is 7.87. The van der Waals surface area contributed by atoms with Crippen molar-refractivity contribution in [3.8, 4) is 0 Å². The summed E-state index contributed by atoms with van der Waals surface area (Å²) in [5.41, 5.74) is 2.10. The Labute approximate surface area is 143 Å². The summed E-state index contributed by atoms with van der Waals surface area (Å²) in [5, 5.41) is 2.86. The van der Waals surface area contributed by atoms with Crippen LogP contribution in [-0.4, -0.2) is 37.7 Å². The highest BCUT2D eigenvalue weighted by atomic mass is 32.1. The lowest BCUT2D eigenvalue weighted by atomic mass is 10.2. The van der Waals surface area contributed by atoms with Crippen LogP contribution in [0.15, 0.2) is 30.5 Å². The Hall–Kier alpha value is -2.61. The molecule has 3 aromatic rings. The smallest absolute Gasteiger partial charge is 0.251 e. The van der Waals surface area contributed by atoms with E-state index >= 15 is 0 Å². The Bertz CT molecular complexity index is 874. The SMILES string of the molecule is O=C(NCc1nccc(N2CCCC2)n1)c1ccc2nsnc2c1. The van der Waals surface area contributed by atoms with Crippen LogP contribution in [0.2, 0.25) is 0 Å². The fourth-order valence-corrected chi connectivity index (χ4v) is 3.30. The molecule has 0 radical (unpaired) electrons. The standard InChI is InChI=1S/C16H16N6OS/c23-16(11-3-4-12-13(9-11)21-24-20-12)18-10-14-17-6-5-15(19-14)22-7-1-2-8-22/h3-6,9H,1-2,7-8,10H2,(H,18,23). The fourth-order valence-electron chi connectivity index (χ4n) is 2.78. The van der Waals surface area contributed by atoms with Gasteiger partial charge in [-0.1, -0.05) is 0 Å². The van der Waals surface area contributed by atoms with Crippen molar-refractivity contribution in [3.63, 3.8) is 0 Å². The van der Waals surface area contributed by atoms with Gasteiger partial charge in [-0.2, -0.15) is 8.75 Å². The van der Waals surface area contributed by atoms with Gasteiger partial charge >= 0.3 is 0 Å². The van der Waals surface area contributed by atoms with Crippen LogP contribution in [0.4, 0.5) is 5.82 Å². The molecule has 2 aromatic heterocycles. The lowest BCUT2D eigenvalue weighted by molar-refractivity contribution is 0.0950. The minimum Gasteiger partial charge on any atom is -0.357 e. The Morgan fingerprint density at radius 1 is 1.17 bits per heavy atom. The van der Waals surface area contributed by atoms with Crippen LogP contribution < -0.4 is 10.2 Å². The van der Waals surface area contributed by atoms with Gasteiger partial charge in [0.2, 0.25) is 0 Å². The quantitative estimate of drug-likeness (QED) is 0.782. The molecule has 0 atom stereocenters. The van der Waals surface area contributed by atoms with Crippen LogP contribution in [0.3, 0.4) is 0 Å². The summed E-state index contributed by atoms with van der Waals surface area (Å²) in [6.45, 7) is 2.36. The number of aromatic nitrogens is 4. The summed E-state index contributed by atoms with van der Waals surface area (Å²) in [6.07, 6.45) is 4.14. The maximum Gasteiger partial charge on any atom is 0.251 e. The van der Waals surface area contributed by atoms with Gasteiger partial charge in [0, 0.05) is 24.8 Å². The fraction of sp³-hybridized carbons (Fsp3) is 0.312. The van der Waals surface area contributed by atoms with Gasteiger partial charge in [0.1, 0.15) is 22.7 Å². The van der Waals surface area contributed by atoms with Crippen molar-refractivity contribution in [2.45, 2.75) is 19.4 Å².